The molecule has 0 aliphatic heterocycles. The first-order valence-corrected chi connectivity index (χ1v) is 6.05. The van der Waals surface area contributed by atoms with Crippen molar-refractivity contribution in [3.05, 3.63) is 41.6 Å². The molecule has 0 amide bonds. The molecule has 0 saturated heterocycles. The number of benzene rings is 1. The van der Waals surface area contributed by atoms with Crippen LogP contribution in [0.2, 0.25) is 0 Å². The zero-order chi connectivity index (χ0) is 11.9. The van der Waals surface area contributed by atoms with Crippen LogP contribution >= 0.6 is 0 Å². The molecule has 1 aromatic carbocycles. The largest absolute Gasteiger partial charge is 0.339 e. The molecule has 1 saturated carbocycles. The summed E-state index contributed by atoms with van der Waals surface area (Å²) in [7, 11) is 0. The minimum absolute atomic E-state index is 0.347. The summed E-state index contributed by atoms with van der Waals surface area (Å²) >= 11 is 0. The molecule has 0 radical (unpaired) electrons. The lowest BCUT2D eigenvalue weighted by Gasteiger charge is -2.03. The Hall–Kier alpha value is -1.77. The normalized spacial score (nSPS) is 16.8. The molecule has 1 fully saturated rings. The number of aromatic amines is 1. The Balaban J connectivity index is 1.77. The molecule has 0 bridgehead atoms. The molecule has 1 aliphatic carbocycles. The van der Waals surface area contributed by atoms with Gasteiger partial charge in [0.1, 0.15) is 0 Å². The van der Waals surface area contributed by atoms with E-state index in [-0.39, 0.29) is 0 Å². The zero-order valence-electron chi connectivity index (χ0n) is 10.2. The molecule has 1 aromatic heterocycles. The number of hydrogen-bond acceptors (Lipinski definition) is 2. The number of anilines is 2. The molecule has 2 N–H and O–H groups in total. The van der Waals surface area contributed by atoms with E-state index in [1.165, 1.54) is 24.1 Å². The molecule has 0 atom stereocenters. The molecule has 88 valence electrons. The van der Waals surface area contributed by atoms with Gasteiger partial charge in [-0.2, -0.15) is 5.10 Å². The molecule has 1 heterocycles. The van der Waals surface area contributed by atoms with Crippen LogP contribution in [0.25, 0.3) is 0 Å². The van der Waals surface area contributed by atoms with Crippen LogP contribution in [0.5, 0.6) is 0 Å². The van der Waals surface area contributed by atoms with Gasteiger partial charge in [0.25, 0.3) is 0 Å². The summed E-state index contributed by atoms with van der Waals surface area (Å²) < 4.78 is 0. The molecule has 0 unspecified atom stereocenters. The van der Waals surface area contributed by atoms with Gasteiger partial charge in [0.15, 0.2) is 5.82 Å². The molecule has 2 aromatic rings. The van der Waals surface area contributed by atoms with E-state index in [0.717, 1.165) is 11.5 Å². The Morgan fingerprint density at radius 1 is 1.24 bits per heavy atom. The van der Waals surface area contributed by atoms with Crippen molar-refractivity contribution in [1.82, 2.24) is 10.2 Å². The summed E-state index contributed by atoms with van der Waals surface area (Å²) in [6.07, 6.45) is 2.53. The minimum Gasteiger partial charge on any atom is -0.339 e. The SMILES string of the molecule is Cc1ccc(Nc2cc(C3(C)CC3)[nH]n2)cc1. The van der Waals surface area contributed by atoms with Gasteiger partial charge in [0, 0.05) is 22.9 Å². The van der Waals surface area contributed by atoms with E-state index in [4.69, 9.17) is 0 Å². The van der Waals surface area contributed by atoms with Crippen LogP contribution in [0.4, 0.5) is 11.5 Å². The molecular weight excluding hydrogens is 210 g/mol. The third-order valence-electron chi connectivity index (χ3n) is 3.55. The highest BCUT2D eigenvalue weighted by Gasteiger charge is 2.40. The van der Waals surface area contributed by atoms with Crippen molar-refractivity contribution < 1.29 is 0 Å². The zero-order valence-corrected chi connectivity index (χ0v) is 10.2. The Bertz CT molecular complexity index is 521. The van der Waals surface area contributed by atoms with Crippen molar-refractivity contribution >= 4 is 11.5 Å². The fraction of sp³-hybridized carbons (Fsp3) is 0.357. The maximum atomic E-state index is 4.30. The topological polar surface area (TPSA) is 40.7 Å². The second-order valence-corrected chi connectivity index (χ2v) is 5.22. The number of rotatable bonds is 3. The highest BCUT2D eigenvalue weighted by Crippen LogP contribution is 2.47. The predicted molar refractivity (Wildman–Crippen MR) is 69.6 cm³/mol. The Labute approximate surface area is 101 Å². The molecule has 3 nitrogen and oxygen atoms in total. The van der Waals surface area contributed by atoms with Crippen LogP contribution in [-0.2, 0) is 5.41 Å². The fourth-order valence-electron chi connectivity index (χ4n) is 1.94. The van der Waals surface area contributed by atoms with Crippen LogP contribution in [0.15, 0.2) is 30.3 Å². The maximum absolute atomic E-state index is 4.30. The first-order chi connectivity index (χ1) is 8.16. The third kappa shape index (κ3) is 2.05. The smallest absolute Gasteiger partial charge is 0.152 e. The maximum Gasteiger partial charge on any atom is 0.152 e. The second kappa shape index (κ2) is 3.62. The van der Waals surface area contributed by atoms with Gasteiger partial charge in [-0.15, -0.1) is 0 Å². The molecule has 0 spiro atoms. The van der Waals surface area contributed by atoms with Crippen LogP contribution in [0, 0.1) is 6.92 Å². The summed E-state index contributed by atoms with van der Waals surface area (Å²) in [5.41, 5.74) is 3.94. The first kappa shape index (κ1) is 10.4. The summed E-state index contributed by atoms with van der Waals surface area (Å²) in [5, 5.41) is 10.7. The third-order valence-corrected chi connectivity index (χ3v) is 3.55. The van der Waals surface area contributed by atoms with Crippen LogP contribution < -0.4 is 5.32 Å². The molecule has 17 heavy (non-hydrogen) atoms. The van der Waals surface area contributed by atoms with Gasteiger partial charge in [-0.3, -0.25) is 5.10 Å². The number of nitrogens with zero attached hydrogens (tertiary/aromatic N) is 1. The standard InChI is InChI=1S/C14H17N3/c1-10-3-5-11(6-4-10)15-13-9-12(16-17-13)14(2)7-8-14/h3-6,9H,7-8H2,1-2H3,(H2,15,16,17). The second-order valence-electron chi connectivity index (χ2n) is 5.22. The Kier molecular flexibility index (Phi) is 2.21. The van der Waals surface area contributed by atoms with Crippen LogP contribution in [0.3, 0.4) is 0 Å². The van der Waals surface area contributed by atoms with Crippen LogP contribution in [0.1, 0.15) is 31.0 Å². The number of nitrogens with one attached hydrogen (secondary N) is 2. The first-order valence-electron chi connectivity index (χ1n) is 6.05. The summed E-state index contributed by atoms with van der Waals surface area (Å²) in [6, 6.07) is 10.5. The highest BCUT2D eigenvalue weighted by molar-refractivity contribution is 5.57. The monoisotopic (exact) mass is 227 g/mol. The highest BCUT2D eigenvalue weighted by atomic mass is 15.2. The minimum atomic E-state index is 0.347. The van der Waals surface area contributed by atoms with Crippen molar-refractivity contribution in [3.63, 3.8) is 0 Å². The van der Waals surface area contributed by atoms with Gasteiger partial charge in [0.2, 0.25) is 0 Å². The van der Waals surface area contributed by atoms with Gasteiger partial charge in [0.05, 0.1) is 0 Å². The summed E-state index contributed by atoms with van der Waals surface area (Å²) in [6.45, 7) is 4.36. The van der Waals surface area contributed by atoms with Gasteiger partial charge in [-0.1, -0.05) is 24.6 Å². The molecule has 1 aliphatic rings. The van der Waals surface area contributed by atoms with E-state index < -0.39 is 0 Å². The predicted octanol–water partition coefficient (Wildman–Crippen LogP) is 3.51. The van der Waals surface area contributed by atoms with E-state index in [2.05, 4.69) is 59.7 Å². The summed E-state index contributed by atoms with van der Waals surface area (Å²) in [5.74, 6) is 0.900. The van der Waals surface area contributed by atoms with E-state index >= 15 is 0 Å². The number of aryl methyl sites for hydroxylation is 1. The van der Waals surface area contributed by atoms with Gasteiger partial charge in [-0.25, -0.2) is 0 Å². The lowest BCUT2D eigenvalue weighted by molar-refractivity contribution is 0.742. The van der Waals surface area contributed by atoms with E-state index in [0.29, 0.717) is 5.41 Å². The average Bonchev–Trinajstić information content (AvgIpc) is 2.90. The molecular formula is C14H17N3. The van der Waals surface area contributed by atoms with E-state index in [1.54, 1.807) is 0 Å². The van der Waals surface area contributed by atoms with Crippen molar-refractivity contribution in [1.29, 1.82) is 0 Å². The van der Waals surface area contributed by atoms with Crippen molar-refractivity contribution in [2.45, 2.75) is 32.1 Å². The fourth-order valence-corrected chi connectivity index (χ4v) is 1.94. The van der Waals surface area contributed by atoms with E-state index in [1.807, 2.05) is 0 Å². The number of aromatic nitrogens is 2. The van der Waals surface area contributed by atoms with Crippen molar-refractivity contribution in [3.8, 4) is 0 Å². The Morgan fingerprint density at radius 2 is 1.94 bits per heavy atom. The lowest BCUT2D eigenvalue weighted by Crippen LogP contribution is -1.99. The Morgan fingerprint density at radius 3 is 2.59 bits per heavy atom. The lowest BCUT2D eigenvalue weighted by atomic mass is 10.1. The van der Waals surface area contributed by atoms with Crippen LogP contribution in [-0.4, -0.2) is 10.2 Å². The number of hydrogen-bond donors (Lipinski definition) is 2. The quantitative estimate of drug-likeness (QED) is 0.842. The van der Waals surface area contributed by atoms with Gasteiger partial charge >= 0.3 is 0 Å². The van der Waals surface area contributed by atoms with Crippen molar-refractivity contribution in [2.24, 2.45) is 0 Å². The number of H-pyrrole nitrogens is 1. The van der Waals surface area contributed by atoms with Crippen molar-refractivity contribution in [2.75, 3.05) is 5.32 Å². The molecule has 3 rings (SSSR count). The molecule has 3 heteroatoms. The van der Waals surface area contributed by atoms with Gasteiger partial charge in [-0.05, 0) is 31.9 Å². The van der Waals surface area contributed by atoms with Gasteiger partial charge < -0.3 is 5.32 Å². The average molecular weight is 227 g/mol. The van der Waals surface area contributed by atoms with E-state index in [9.17, 15) is 0 Å². The summed E-state index contributed by atoms with van der Waals surface area (Å²) in [4.78, 5) is 0.